The summed E-state index contributed by atoms with van der Waals surface area (Å²) in [5.41, 5.74) is 0.606. The van der Waals surface area contributed by atoms with Crippen LogP contribution in [0.2, 0.25) is 0 Å². The quantitative estimate of drug-likeness (QED) is 0.938. The highest BCUT2D eigenvalue weighted by Gasteiger charge is 2.26. The van der Waals surface area contributed by atoms with E-state index < -0.39 is 15.6 Å². The lowest BCUT2D eigenvalue weighted by atomic mass is 10.1. The van der Waals surface area contributed by atoms with Gasteiger partial charge in [0.2, 0.25) is 0 Å². The zero-order valence-corrected chi connectivity index (χ0v) is 13.2. The highest BCUT2D eigenvalue weighted by atomic mass is 32.2. The average Bonchev–Trinajstić information content (AvgIpc) is 2.86. The fourth-order valence-corrected chi connectivity index (χ4v) is 3.05. The molecule has 0 bridgehead atoms. The molecule has 0 radical (unpaired) electrons. The van der Waals surface area contributed by atoms with Crippen LogP contribution in [0.1, 0.15) is 20.8 Å². The number of sulfonamides is 1. The summed E-state index contributed by atoms with van der Waals surface area (Å²) in [6.07, 6.45) is 0. The van der Waals surface area contributed by atoms with Crippen molar-refractivity contribution in [2.24, 2.45) is 0 Å². The van der Waals surface area contributed by atoms with Crippen molar-refractivity contribution < 1.29 is 17.7 Å². The monoisotopic (exact) mass is 310 g/mol. The van der Waals surface area contributed by atoms with Crippen molar-refractivity contribution in [1.29, 1.82) is 0 Å². The molecule has 0 aliphatic rings. The van der Waals surface area contributed by atoms with Crippen LogP contribution in [0, 0.1) is 0 Å². The first kappa shape index (κ1) is 15.5. The molecule has 1 aromatic heterocycles. The van der Waals surface area contributed by atoms with Crippen molar-refractivity contribution in [3.05, 3.63) is 30.3 Å². The van der Waals surface area contributed by atoms with Gasteiger partial charge >= 0.3 is 0 Å². The average molecular weight is 310 g/mol. The third-order valence-corrected chi connectivity index (χ3v) is 4.18. The largest absolute Gasteiger partial charge is 0.497 e. The van der Waals surface area contributed by atoms with Crippen LogP contribution in [0.4, 0.5) is 0 Å². The first-order valence-corrected chi connectivity index (χ1v) is 7.85. The van der Waals surface area contributed by atoms with Crippen LogP contribution in [0.15, 0.2) is 39.9 Å². The maximum Gasteiger partial charge on any atom is 0.277 e. The second-order valence-electron chi connectivity index (χ2n) is 5.62. The van der Waals surface area contributed by atoms with E-state index in [1.165, 1.54) is 6.07 Å². The first-order chi connectivity index (χ1) is 9.71. The molecule has 1 aromatic carbocycles. The van der Waals surface area contributed by atoms with Gasteiger partial charge in [-0.1, -0.05) is 5.16 Å². The Kier molecular flexibility index (Phi) is 4.06. The van der Waals surface area contributed by atoms with Gasteiger partial charge in [-0.05, 0) is 45.0 Å². The summed E-state index contributed by atoms with van der Waals surface area (Å²) in [5.74, 6) is 0.712. The molecule has 114 valence electrons. The molecule has 0 amide bonds. The van der Waals surface area contributed by atoms with Gasteiger partial charge in [0, 0.05) is 17.2 Å². The predicted octanol–water partition coefficient (Wildman–Crippen LogP) is 2.43. The first-order valence-electron chi connectivity index (χ1n) is 6.36. The third kappa shape index (κ3) is 3.83. The molecule has 0 fully saturated rings. The maximum absolute atomic E-state index is 12.1. The molecule has 0 spiro atoms. The minimum Gasteiger partial charge on any atom is -0.497 e. The van der Waals surface area contributed by atoms with E-state index in [1.54, 1.807) is 52.1 Å². The molecule has 0 aliphatic carbocycles. The molecule has 2 rings (SSSR count). The molecule has 1 N–H and O–H groups in total. The molecule has 0 saturated heterocycles. The minimum absolute atomic E-state index is 0.205. The van der Waals surface area contributed by atoms with Crippen LogP contribution >= 0.6 is 0 Å². The second-order valence-corrected chi connectivity index (χ2v) is 7.23. The molecular weight excluding hydrogens is 292 g/mol. The van der Waals surface area contributed by atoms with Crippen LogP contribution in [0.3, 0.4) is 0 Å². The summed E-state index contributed by atoms with van der Waals surface area (Å²) in [6.45, 7) is 5.27. The van der Waals surface area contributed by atoms with Crippen molar-refractivity contribution in [2.45, 2.75) is 31.4 Å². The van der Waals surface area contributed by atoms with Crippen molar-refractivity contribution in [1.82, 2.24) is 9.88 Å². The number of methoxy groups -OCH3 is 1. The Morgan fingerprint density at radius 1 is 1.19 bits per heavy atom. The van der Waals surface area contributed by atoms with Gasteiger partial charge in [0.05, 0.1) is 7.11 Å². The third-order valence-electron chi connectivity index (χ3n) is 2.58. The van der Waals surface area contributed by atoms with E-state index in [1.807, 2.05) is 0 Å². The molecule has 6 nitrogen and oxygen atoms in total. The number of nitrogens with zero attached hydrogens (tertiary/aromatic N) is 1. The number of rotatable bonds is 4. The normalized spacial score (nSPS) is 12.4. The Balaban J connectivity index is 2.29. The van der Waals surface area contributed by atoms with E-state index in [0.29, 0.717) is 11.4 Å². The van der Waals surface area contributed by atoms with Gasteiger partial charge in [-0.15, -0.1) is 0 Å². The van der Waals surface area contributed by atoms with Crippen molar-refractivity contribution >= 4 is 10.0 Å². The van der Waals surface area contributed by atoms with Crippen molar-refractivity contribution in [2.75, 3.05) is 7.11 Å². The second kappa shape index (κ2) is 5.50. The number of hydrogen-bond acceptors (Lipinski definition) is 5. The Labute approximate surface area is 124 Å². The van der Waals surface area contributed by atoms with E-state index in [2.05, 4.69) is 9.88 Å². The number of hydrogen-bond donors (Lipinski definition) is 1. The van der Waals surface area contributed by atoms with E-state index in [-0.39, 0.29) is 5.09 Å². The zero-order valence-electron chi connectivity index (χ0n) is 12.4. The molecule has 0 aliphatic heterocycles. The minimum atomic E-state index is -3.72. The maximum atomic E-state index is 12.1. The molecule has 0 saturated carbocycles. The SMILES string of the molecule is COc1ccc(-c2cc(S(=O)(=O)NC(C)(C)C)on2)cc1. The molecule has 21 heavy (non-hydrogen) atoms. The number of aromatic nitrogens is 1. The lowest BCUT2D eigenvalue weighted by Gasteiger charge is -2.18. The van der Waals surface area contributed by atoms with Gasteiger partial charge in [0.15, 0.2) is 0 Å². The van der Waals surface area contributed by atoms with Crippen molar-refractivity contribution in [3.8, 4) is 17.0 Å². The van der Waals surface area contributed by atoms with Gasteiger partial charge < -0.3 is 9.26 Å². The Bertz CT molecular complexity index is 712. The summed E-state index contributed by atoms with van der Waals surface area (Å²) in [4.78, 5) is 0. The van der Waals surface area contributed by atoms with Crippen molar-refractivity contribution in [3.63, 3.8) is 0 Å². The highest BCUT2D eigenvalue weighted by Crippen LogP contribution is 2.24. The van der Waals surface area contributed by atoms with Crippen LogP contribution in [0.5, 0.6) is 5.75 Å². The number of nitrogens with one attached hydrogen (secondary N) is 1. The summed E-state index contributed by atoms with van der Waals surface area (Å²) in [7, 11) is -2.14. The molecule has 1 heterocycles. The molecule has 2 aromatic rings. The van der Waals surface area contributed by atoms with Gasteiger partial charge in [-0.2, -0.15) is 0 Å². The predicted molar refractivity (Wildman–Crippen MR) is 78.6 cm³/mol. The Hall–Kier alpha value is -1.86. The van der Waals surface area contributed by atoms with E-state index in [9.17, 15) is 8.42 Å². The van der Waals surface area contributed by atoms with Crippen LogP contribution in [-0.2, 0) is 10.0 Å². The Morgan fingerprint density at radius 2 is 1.81 bits per heavy atom. The topological polar surface area (TPSA) is 81.4 Å². The van der Waals surface area contributed by atoms with E-state index >= 15 is 0 Å². The lowest BCUT2D eigenvalue weighted by molar-refractivity contribution is 0.335. The fraction of sp³-hybridized carbons (Fsp3) is 0.357. The smallest absolute Gasteiger partial charge is 0.277 e. The van der Waals surface area contributed by atoms with Gasteiger partial charge in [0.25, 0.3) is 15.1 Å². The molecular formula is C14H18N2O4S. The molecule has 0 atom stereocenters. The van der Waals surface area contributed by atoms with Gasteiger partial charge in [-0.25, -0.2) is 13.1 Å². The Morgan fingerprint density at radius 3 is 2.33 bits per heavy atom. The zero-order chi connectivity index (χ0) is 15.7. The van der Waals surface area contributed by atoms with Crippen LogP contribution in [0.25, 0.3) is 11.3 Å². The summed E-state index contributed by atoms with van der Waals surface area (Å²) >= 11 is 0. The van der Waals surface area contributed by atoms with Crippen LogP contribution < -0.4 is 9.46 Å². The highest BCUT2D eigenvalue weighted by molar-refractivity contribution is 7.89. The number of ether oxygens (including phenoxy) is 1. The van der Waals surface area contributed by atoms with E-state index in [4.69, 9.17) is 9.26 Å². The van der Waals surface area contributed by atoms with Gasteiger partial charge in [0.1, 0.15) is 11.4 Å². The molecule has 7 heteroatoms. The summed E-state index contributed by atoms with van der Waals surface area (Å²) < 4.78 is 36.8. The summed E-state index contributed by atoms with van der Waals surface area (Å²) in [6, 6.07) is 8.50. The van der Waals surface area contributed by atoms with Gasteiger partial charge in [-0.3, -0.25) is 0 Å². The number of benzene rings is 1. The lowest BCUT2D eigenvalue weighted by Crippen LogP contribution is -2.40. The molecule has 0 unspecified atom stereocenters. The van der Waals surface area contributed by atoms with Crippen LogP contribution in [-0.4, -0.2) is 26.2 Å². The van der Waals surface area contributed by atoms with E-state index in [0.717, 1.165) is 5.56 Å². The standard InChI is InChI=1S/C14H18N2O4S/c1-14(2,3)16-21(17,18)13-9-12(15-20-13)10-5-7-11(19-4)8-6-10/h5-9,16H,1-4H3. The fourth-order valence-electron chi connectivity index (χ4n) is 1.74. The summed E-state index contributed by atoms with van der Waals surface area (Å²) in [5, 5.41) is 3.60.